The number of aryl methyl sites for hydroxylation is 1. The van der Waals surface area contributed by atoms with E-state index >= 15 is 0 Å². The fourth-order valence-corrected chi connectivity index (χ4v) is 1.58. The van der Waals surface area contributed by atoms with Crippen LogP contribution in [0.3, 0.4) is 0 Å². The number of hydrogen-bond donors (Lipinski definition) is 2. The molecule has 0 aromatic heterocycles. The maximum atomic E-state index is 7.12. The van der Waals surface area contributed by atoms with E-state index in [0.29, 0.717) is 0 Å². The van der Waals surface area contributed by atoms with Crippen molar-refractivity contribution < 1.29 is 10.0 Å². The van der Waals surface area contributed by atoms with Gasteiger partial charge in [0.15, 0.2) is 0 Å². The molecule has 0 spiro atoms. The van der Waals surface area contributed by atoms with Gasteiger partial charge in [-0.1, -0.05) is 62.9 Å². The molecular weight excluding hydrogens is 199 g/mol. The zero-order chi connectivity index (χ0) is 12.1. The molecule has 0 saturated heterocycles. The average molecular weight is 222 g/mol. The van der Waals surface area contributed by atoms with Gasteiger partial charge in [0.2, 0.25) is 0 Å². The molecule has 0 aliphatic rings. The molecule has 2 nitrogen and oxygen atoms in total. The summed E-state index contributed by atoms with van der Waals surface area (Å²) in [7, 11) is -0.750. The van der Waals surface area contributed by atoms with Crippen LogP contribution in [0.25, 0.3) is 0 Å². The summed E-state index contributed by atoms with van der Waals surface area (Å²) >= 11 is 0. The highest BCUT2D eigenvalue weighted by Crippen LogP contribution is 2.08. The minimum absolute atomic E-state index is 0.750. The van der Waals surface area contributed by atoms with Crippen molar-refractivity contribution in [3.05, 3.63) is 35.9 Å². The molecule has 0 radical (unpaired) electrons. The average Bonchev–Trinajstić information content (AvgIpc) is 2.31. The Hall–Kier alpha value is -0.795. The molecule has 0 heterocycles. The Bertz CT molecular complexity index is 227. The highest BCUT2D eigenvalue weighted by atomic mass is 16.4. The molecule has 1 aromatic carbocycles. The summed E-state index contributed by atoms with van der Waals surface area (Å²) in [4.78, 5) is 0. The molecule has 2 N–H and O–H groups in total. The molecule has 0 atom stereocenters. The highest BCUT2D eigenvalue weighted by molar-refractivity contribution is 6.13. The van der Waals surface area contributed by atoms with E-state index in [1.165, 1.54) is 44.1 Å². The Kier molecular flexibility index (Phi) is 11.7. The quantitative estimate of drug-likeness (QED) is 0.573. The SMILES string of the molecule is CCCCCCCc1ccccc1.OBO. The van der Waals surface area contributed by atoms with Gasteiger partial charge in [-0.15, -0.1) is 0 Å². The monoisotopic (exact) mass is 222 g/mol. The molecule has 0 bridgehead atoms. The zero-order valence-electron chi connectivity index (χ0n) is 10.2. The van der Waals surface area contributed by atoms with E-state index in [1.54, 1.807) is 0 Å². The third-order valence-electron chi connectivity index (χ3n) is 2.41. The van der Waals surface area contributed by atoms with Gasteiger partial charge in [-0.05, 0) is 18.4 Å². The summed E-state index contributed by atoms with van der Waals surface area (Å²) in [6.07, 6.45) is 8.14. The second-order valence-electron chi connectivity index (χ2n) is 3.79. The van der Waals surface area contributed by atoms with E-state index in [2.05, 4.69) is 37.3 Å². The van der Waals surface area contributed by atoms with E-state index in [-0.39, 0.29) is 0 Å². The zero-order valence-corrected chi connectivity index (χ0v) is 10.2. The second-order valence-corrected chi connectivity index (χ2v) is 3.79. The van der Waals surface area contributed by atoms with Gasteiger partial charge in [-0.25, -0.2) is 0 Å². The van der Waals surface area contributed by atoms with Crippen LogP contribution in [-0.4, -0.2) is 17.7 Å². The fraction of sp³-hybridized carbons (Fsp3) is 0.538. The van der Waals surface area contributed by atoms with Crippen LogP contribution in [0.4, 0.5) is 0 Å². The van der Waals surface area contributed by atoms with Crippen LogP contribution in [-0.2, 0) is 6.42 Å². The first-order valence-electron chi connectivity index (χ1n) is 6.10. The van der Waals surface area contributed by atoms with Crippen LogP contribution in [0, 0.1) is 0 Å². The molecule has 1 rings (SSSR count). The first kappa shape index (κ1) is 15.2. The van der Waals surface area contributed by atoms with Gasteiger partial charge in [-0.2, -0.15) is 0 Å². The molecule has 0 unspecified atom stereocenters. The predicted octanol–water partition coefficient (Wildman–Crippen LogP) is 2.44. The van der Waals surface area contributed by atoms with Crippen molar-refractivity contribution >= 4 is 7.69 Å². The Labute approximate surface area is 99.6 Å². The maximum absolute atomic E-state index is 7.12. The van der Waals surface area contributed by atoms with E-state index in [0.717, 1.165) is 0 Å². The number of rotatable bonds is 6. The minimum Gasteiger partial charge on any atom is -0.430 e. The van der Waals surface area contributed by atoms with Gasteiger partial charge in [0.1, 0.15) is 0 Å². The summed E-state index contributed by atoms with van der Waals surface area (Å²) < 4.78 is 0. The molecule has 0 aliphatic carbocycles. The highest BCUT2D eigenvalue weighted by Gasteiger charge is 1.91. The van der Waals surface area contributed by atoms with E-state index < -0.39 is 7.69 Å². The van der Waals surface area contributed by atoms with Crippen LogP contribution >= 0.6 is 0 Å². The lowest BCUT2D eigenvalue weighted by atomic mass is 10.1. The van der Waals surface area contributed by atoms with E-state index in [1.807, 2.05) is 0 Å². The number of unbranched alkanes of at least 4 members (excludes halogenated alkanes) is 4. The van der Waals surface area contributed by atoms with Crippen LogP contribution in [0.5, 0.6) is 0 Å². The predicted molar refractivity (Wildman–Crippen MR) is 70.5 cm³/mol. The first-order valence-corrected chi connectivity index (χ1v) is 6.10. The molecule has 16 heavy (non-hydrogen) atoms. The van der Waals surface area contributed by atoms with Crippen LogP contribution in [0.2, 0.25) is 0 Å². The molecular formula is C13H23BO2. The van der Waals surface area contributed by atoms with Gasteiger partial charge in [0, 0.05) is 0 Å². The Morgan fingerprint density at radius 1 is 0.938 bits per heavy atom. The van der Waals surface area contributed by atoms with Gasteiger partial charge in [-0.3, -0.25) is 0 Å². The van der Waals surface area contributed by atoms with Crippen molar-refractivity contribution in [2.24, 2.45) is 0 Å². The normalized spacial score (nSPS) is 9.19. The third kappa shape index (κ3) is 9.75. The van der Waals surface area contributed by atoms with Crippen molar-refractivity contribution in [3.63, 3.8) is 0 Å². The summed E-state index contributed by atoms with van der Waals surface area (Å²) in [5, 5.41) is 14.2. The smallest absolute Gasteiger partial charge is 0.430 e. The Balaban J connectivity index is 0.000000673. The maximum Gasteiger partial charge on any atom is 0.432 e. The van der Waals surface area contributed by atoms with Crippen molar-refractivity contribution in [3.8, 4) is 0 Å². The number of benzene rings is 1. The topological polar surface area (TPSA) is 40.5 Å². The lowest BCUT2D eigenvalue weighted by Crippen LogP contribution is -1.84. The molecule has 1 aromatic rings. The van der Waals surface area contributed by atoms with Crippen LogP contribution in [0.15, 0.2) is 30.3 Å². The largest absolute Gasteiger partial charge is 0.432 e. The molecule has 0 fully saturated rings. The Morgan fingerprint density at radius 2 is 1.50 bits per heavy atom. The molecule has 90 valence electrons. The third-order valence-corrected chi connectivity index (χ3v) is 2.41. The van der Waals surface area contributed by atoms with Gasteiger partial charge >= 0.3 is 7.69 Å². The lowest BCUT2D eigenvalue weighted by molar-refractivity contribution is 0.448. The standard InChI is InChI=1S/C13H20.BH3O2/c1-2-3-4-5-7-10-13-11-8-6-9-12-13;2-1-3/h6,8-9,11-12H,2-5,7,10H2,1H3;1-3H. The van der Waals surface area contributed by atoms with Gasteiger partial charge in [0.05, 0.1) is 0 Å². The molecule has 3 heteroatoms. The van der Waals surface area contributed by atoms with Crippen LogP contribution < -0.4 is 0 Å². The summed E-state index contributed by atoms with van der Waals surface area (Å²) in [5.41, 5.74) is 1.49. The molecule has 0 amide bonds. The van der Waals surface area contributed by atoms with E-state index in [9.17, 15) is 0 Å². The Morgan fingerprint density at radius 3 is 2.06 bits per heavy atom. The molecule has 0 aliphatic heterocycles. The lowest BCUT2D eigenvalue weighted by Gasteiger charge is -2.00. The van der Waals surface area contributed by atoms with Crippen molar-refractivity contribution in [1.82, 2.24) is 0 Å². The van der Waals surface area contributed by atoms with Crippen LogP contribution in [0.1, 0.15) is 44.6 Å². The van der Waals surface area contributed by atoms with E-state index in [4.69, 9.17) is 10.0 Å². The van der Waals surface area contributed by atoms with Crippen molar-refractivity contribution in [2.75, 3.05) is 0 Å². The second kappa shape index (κ2) is 12.3. The molecule has 0 saturated carbocycles. The van der Waals surface area contributed by atoms with Crippen molar-refractivity contribution in [1.29, 1.82) is 0 Å². The summed E-state index contributed by atoms with van der Waals surface area (Å²) in [6.45, 7) is 2.26. The summed E-state index contributed by atoms with van der Waals surface area (Å²) in [5.74, 6) is 0. The number of hydrogen-bond acceptors (Lipinski definition) is 2. The van der Waals surface area contributed by atoms with Gasteiger partial charge < -0.3 is 10.0 Å². The minimum atomic E-state index is -0.750. The summed E-state index contributed by atoms with van der Waals surface area (Å²) in [6, 6.07) is 10.8. The fourth-order valence-electron chi connectivity index (χ4n) is 1.58. The van der Waals surface area contributed by atoms with Crippen molar-refractivity contribution in [2.45, 2.75) is 45.4 Å². The van der Waals surface area contributed by atoms with Gasteiger partial charge in [0.25, 0.3) is 0 Å². The first-order chi connectivity index (χ1) is 7.85.